The molecule has 0 radical (unpaired) electrons. The topological polar surface area (TPSA) is 114 Å². The third-order valence-electron chi connectivity index (χ3n) is 5.59. The van der Waals surface area contributed by atoms with Gasteiger partial charge in [0.1, 0.15) is 6.10 Å². The zero-order chi connectivity index (χ0) is 22.4. The molecule has 0 bridgehead atoms. The van der Waals surface area contributed by atoms with Gasteiger partial charge in [0.05, 0.1) is 12.7 Å². The molecular weight excluding hydrogens is 421 g/mol. The van der Waals surface area contributed by atoms with Crippen molar-refractivity contribution >= 4 is 17.8 Å². The SMILES string of the molecule is O=C(O)C(F)(F)F.O=C([C@H]1CCCO1)N1CC[C@H]2CO[C@H](CNc3ncccn3)[C@H]2C1. The maximum absolute atomic E-state index is 12.6. The fraction of sp³-hybridized carbons (Fsp3) is 0.684. The number of hydrogen-bond donors (Lipinski definition) is 2. The Morgan fingerprint density at radius 1 is 1.23 bits per heavy atom. The number of halogens is 3. The van der Waals surface area contributed by atoms with Crippen LogP contribution in [0.3, 0.4) is 0 Å². The number of aromatic nitrogens is 2. The van der Waals surface area contributed by atoms with Gasteiger partial charge in [0.15, 0.2) is 0 Å². The Kier molecular flexibility index (Phi) is 7.65. The molecule has 31 heavy (non-hydrogen) atoms. The van der Waals surface area contributed by atoms with Crippen molar-refractivity contribution in [3.05, 3.63) is 18.5 Å². The lowest BCUT2D eigenvalue weighted by Gasteiger charge is -2.37. The highest BCUT2D eigenvalue weighted by Gasteiger charge is 2.43. The van der Waals surface area contributed by atoms with Crippen LogP contribution in [0.5, 0.6) is 0 Å². The number of fused-ring (bicyclic) bond motifs is 1. The Hall–Kier alpha value is -2.47. The molecule has 0 aromatic carbocycles. The molecule has 1 aromatic rings. The third-order valence-corrected chi connectivity index (χ3v) is 5.59. The van der Waals surface area contributed by atoms with Crippen LogP contribution < -0.4 is 5.32 Å². The Labute approximate surface area is 176 Å². The number of nitrogens with zero attached hydrogens (tertiary/aromatic N) is 3. The molecule has 0 unspecified atom stereocenters. The average Bonchev–Trinajstić information content (AvgIpc) is 3.42. The highest BCUT2D eigenvalue weighted by atomic mass is 19.4. The molecular formula is C19H25F3N4O5. The van der Waals surface area contributed by atoms with Crippen LogP contribution in [-0.4, -0.2) is 83.1 Å². The molecule has 3 aliphatic rings. The summed E-state index contributed by atoms with van der Waals surface area (Å²) in [5, 5.41) is 10.4. The first-order valence-corrected chi connectivity index (χ1v) is 10.1. The van der Waals surface area contributed by atoms with E-state index in [4.69, 9.17) is 19.4 Å². The molecule has 0 saturated carbocycles. The summed E-state index contributed by atoms with van der Waals surface area (Å²) >= 11 is 0. The van der Waals surface area contributed by atoms with Gasteiger partial charge in [-0.15, -0.1) is 0 Å². The fourth-order valence-electron chi connectivity index (χ4n) is 4.00. The van der Waals surface area contributed by atoms with Crippen molar-refractivity contribution in [1.29, 1.82) is 0 Å². The summed E-state index contributed by atoms with van der Waals surface area (Å²) < 4.78 is 43.3. The van der Waals surface area contributed by atoms with E-state index in [0.717, 1.165) is 39.0 Å². The highest BCUT2D eigenvalue weighted by molar-refractivity contribution is 5.81. The van der Waals surface area contributed by atoms with Crippen molar-refractivity contribution in [3.63, 3.8) is 0 Å². The molecule has 0 spiro atoms. The Bertz CT molecular complexity index is 746. The normalized spacial score (nSPS) is 27.8. The van der Waals surface area contributed by atoms with E-state index >= 15 is 0 Å². The van der Waals surface area contributed by atoms with Crippen LogP contribution in [0.25, 0.3) is 0 Å². The number of aliphatic carboxylic acids is 1. The summed E-state index contributed by atoms with van der Waals surface area (Å²) in [6.07, 6.45) is 1.09. The fourth-order valence-corrected chi connectivity index (χ4v) is 4.00. The molecule has 172 valence electrons. The number of carboxylic acid groups (broad SMARTS) is 1. The van der Waals surface area contributed by atoms with Gasteiger partial charge < -0.3 is 24.8 Å². The zero-order valence-corrected chi connectivity index (χ0v) is 16.8. The van der Waals surface area contributed by atoms with Crippen LogP contribution in [0.15, 0.2) is 18.5 Å². The van der Waals surface area contributed by atoms with Gasteiger partial charge in [-0.05, 0) is 31.2 Å². The lowest BCUT2D eigenvalue weighted by Crippen LogP contribution is -2.49. The van der Waals surface area contributed by atoms with Gasteiger partial charge in [0.2, 0.25) is 5.95 Å². The van der Waals surface area contributed by atoms with Gasteiger partial charge in [-0.2, -0.15) is 13.2 Å². The van der Waals surface area contributed by atoms with E-state index < -0.39 is 12.1 Å². The first-order chi connectivity index (χ1) is 14.8. The van der Waals surface area contributed by atoms with Gasteiger partial charge in [-0.3, -0.25) is 4.79 Å². The first kappa shape index (κ1) is 23.2. The minimum atomic E-state index is -5.08. The van der Waals surface area contributed by atoms with Crippen molar-refractivity contribution in [2.75, 3.05) is 38.2 Å². The summed E-state index contributed by atoms with van der Waals surface area (Å²) in [7, 11) is 0. The summed E-state index contributed by atoms with van der Waals surface area (Å²) in [6.45, 7) is 3.77. The van der Waals surface area contributed by atoms with E-state index in [-0.39, 0.29) is 18.1 Å². The largest absolute Gasteiger partial charge is 0.490 e. The first-order valence-electron chi connectivity index (χ1n) is 10.1. The second-order valence-corrected chi connectivity index (χ2v) is 7.63. The number of ether oxygens (including phenoxy) is 2. The zero-order valence-electron chi connectivity index (χ0n) is 16.8. The van der Waals surface area contributed by atoms with E-state index in [9.17, 15) is 18.0 Å². The molecule has 4 rings (SSSR count). The number of nitrogens with one attached hydrogen (secondary N) is 1. The number of anilines is 1. The van der Waals surface area contributed by atoms with Crippen LogP contribution >= 0.6 is 0 Å². The molecule has 4 heterocycles. The number of rotatable bonds is 4. The Balaban J connectivity index is 0.000000339. The maximum atomic E-state index is 12.6. The minimum Gasteiger partial charge on any atom is -0.475 e. The van der Waals surface area contributed by atoms with Crippen molar-refractivity contribution in [3.8, 4) is 0 Å². The number of carboxylic acids is 1. The highest BCUT2D eigenvalue weighted by Crippen LogP contribution is 2.35. The van der Waals surface area contributed by atoms with E-state index in [2.05, 4.69) is 15.3 Å². The van der Waals surface area contributed by atoms with Crippen molar-refractivity contribution in [2.24, 2.45) is 11.8 Å². The number of hydrogen-bond acceptors (Lipinski definition) is 7. The van der Waals surface area contributed by atoms with Crippen molar-refractivity contribution in [1.82, 2.24) is 14.9 Å². The molecule has 1 amide bonds. The second kappa shape index (κ2) is 10.2. The van der Waals surface area contributed by atoms with Crippen LogP contribution in [0.2, 0.25) is 0 Å². The molecule has 2 N–H and O–H groups in total. The van der Waals surface area contributed by atoms with Crippen LogP contribution in [0.4, 0.5) is 19.1 Å². The lowest BCUT2D eigenvalue weighted by molar-refractivity contribution is -0.192. The minimum absolute atomic E-state index is 0.0962. The van der Waals surface area contributed by atoms with Crippen molar-refractivity contribution in [2.45, 2.75) is 37.6 Å². The molecule has 3 saturated heterocycles. The lowest BCUT2D eigenvalue weighted by atomic mass is 9.84. The van der Waals surface area contributed by atoms with Gasteiger partial charge in [0.25, 0.3) is 5.91 Å². The summed E-state index contributed by atoms with van der Waals surface area (Å²) in [5.74, 6) is -1.06. The van der Waals surface area contributed by atoms with Gasteiger partial charge >= 0.3 is 12.1 Å². The number of carbonyl (C=O) groups is 2. The van der Waals surface area contributed by atoms with Crippen LogP contribution in [-0.2, 0) is 19.1 Å². The molecule has 3 fully saturated rings. The van der Waals surface area contributed by atoms with Crippen LogP contribution in [0.1, 0.15) is 19.3 Å². The molecule has 3 aliphatic heterocycles. The number of piperidine rings is 1. The van der Waals surface area contributed by atoms with Gasteiger partial charge in [-0.25, -0.2) is 14.8 Å². The molecule has 9 nitrogen and oxygen atoms in total. The number of alkyl halides is 3. The maximum Gasteiger partial charge on any atom is 0.490 e. The smallest absolute Gasteiger partial charge is 0.475 e. The number of amides is 1. The summed E-state index contributed by atoms with van der Waals surface area (Å²) in [4.78, 5) is 31.8. The van der Waals surface area contributed by atoms with Gasteiger partial charge in [0, 0.05) is 44.6 Å². The molecule has 1 aromatic heterocycles. The molecule has 0 aliphatic carbocycles. The van der Waals surface area contributed by atoms with E-state index in [0.29, 0.717) is 30.9 Å². The third kappa shape index (κ3) is 6.26. The average molecular weight is 446 g/mol. The summed E-state index contributed by atoms with van der Waals surface area (Å²) in [5.41, 5.74) is 0. The number of likely N-dealkylation sites (tertiary alicyclic amines) is 1. The predicted molar refractivity (Wildman–Crippen MR) is 101 cm³/mol. The Morgan fingerprint density at radius 2 is 1.94 bits per heavy atom. The van der Waals surface area contributed by atoms with Crippen LogP contribution in [0, 0.1) is 11.8 Å². The predicted octanol–water partition coefficient (Wildman–Crippen LogP) is 1.56. The standard InChI is InChI=1S/C17H24N4O3.C2HF3O2/c22-16(14-3-1-8-23-14)21-7-4-12-11-24-15(13(12)10-21)9-20-17-18-5-2-6-19-17;3-2(4,5)1(6)7/h2,5-6,12-15H,1,3-4,7-11H2,(H,18,19,20);(H,6,7)/t12-,13-,14+,15+;/m0./s1. The molecule has 4 atom stereocenters. The van der Waals surface area contributed by atoms with Crippen molar-refractivity contribution < 1.29 is 37.3 Å². The monoisotopic (exact) mass is 446 g/mol. The molecule has 12 heteroatoms. The summed E-state index contributed by atoms with van der Waals surface area (Å²) in [6, 6.07) is 1.79. The van der Waals surface area contributed by atoms with E-state index in [1.54, 1.807) is 18.5 Å². The second-order valence-electron chi connectivity index (χ2n) is 7.63. The Morgan fingerprint density at radius 3 is 2.55 bits per heavy atom. The van der Waals surface area contributed by atoms with Gasteiger partial charge in [-0.1, -0.05) is 0 Å². The number of carbonyl (C=O) groups excluding carboxylic acids is 1. The van der Waals surface area contributed by atoms with E-state index in [1.165, 1.54) is 0 Å². The van der Waals surface area contributed by atoms with E-state index in [1.807, 2.05) is 4.90 Å². The quantitative estimate of drug-likeness (QED) is 0.717.